The molecule has 1 N–H and O–H groups in total. The maximum Gasteiger partial charge on any atom is 0.418 e. The molecule has 0 saturated carbocycles. The van der Waals surface area contributed by atoms with Crippen LogP contribution in [0.25, 0.3) is 6.08 Å². The molecular weight excluding hydrogens is 570 g/mol. The van der Waals surface area contributed by atoms with Gasteiger partial charge < -0.3 is 19.9 Å². The average molecular weight is 599 g/mol. The molecule has 2 aromatic rings. The predicted molar refractivity (Wildman–Crippen MR) is 142 cm³/mol. The number of amides is 1. The van der Waals surface area contributed by atoms with Gasteiger partial charge in [0.25, 0.3) is 0 Å². The molecule has 2 aliphatic rings. The normalized spacial score (nSPS) is 18.3. The van der Waals surface area contributed by atoms with E-state index in [-0.39, 0.29) is 31.2 Å². The number of anilines is 1. The van der Waals surface area contributed by atoms with E-state index < -0.39 is 45.4 Å². The monoisotopic (exact) mass is 598 g/mol. The van der Waals surface area contributed by atoms with E-state index in [1.54, 1.807) is 12.1 Å². The molecular formula is C28H28F6N4O2S. The van der Waals surface area contributed by atoms with Gasteiger partial charge in [0.15, 0.2) is 0 Å². The lowest BCUT2D eigenvalue weighted by atomic mass is 9.89. The Labute approximate surface area is 237 Å². The first kappa shape index (κ1) is 30.7. The summed E-state index contributed by atoms with van der Waals surface area (Å²) in [5.41, 5.74) is -4.82. The Morgan fingerprint density at radius 3 is 2.29 bits per heavy atom. The minimum Gasteiger partial charge on any atom is -0.378 e. The molecule has 0 unspecified atom stereocenters. The van der Waals surface area contributed by atoms with Crippen molar-refractivity contribution in [2.24, 2.45) is 0 Å². The van der Waals surface area contributed by atoms with Gasteiger partial charge in [-0.05, 0) is 55.8 Å². The van der Waals surface area contributed by atoms with E-state index in [2.05, 4.69) is 16.3 Å². The topological polar surface area (TPSA) is 68.6 Å². The number of morpholine rings is 1. The first-order valence-electron chi connectivity index (χ1n) is 12.8. The first-order valence-corrected chi connectivity index (χ1v) is 13.6. The second-order valence-corrected chi connectivity index (χ2v) is 11.0. The summed E-state index contributed by atoms with van der Waals surface area (Å²) < 4.78 is 90.4. The third-order valence-electron chi connectivity index (χ3n) is 6.99. The number of piperidine rings is 1. The van der Waals surface area contributed by atoms with Crippen LogP contribution in [-0.2, 0) is 21.9 Å². The summed E-state index contributed by atoms with van der Waals surface area (Å²) in [4.78, 5) is 15.5. The van der Waals surface area contributed by atoms with E-state index in [0.29, 0.717) is 43.4 Å². The van der Waals surface area contributed by atoms with Gasteiger partial charge in [-0.3, -0.25) is 4.79 Å². The van der Waals surface area contributed by atoms with Gasteiger partial charge >= 0.3 is 12.4 Å². The molecule has 2 fully saturated rings. The quantitative estimate of drug-likeness (QED) is 0.318. The number of alkyl halides is 6. The minimum atomic E-state index is -5.35. The molecule has 6 nitrogen and oxygen atoms in total. The summed E-state index contributed by atoms with van der Waals surface area (Å²) in [5, 5.41) is 13.0. The molecule has 2 aliphatic heterocycles. The molecule has 0 bridgehead atoms. The fourth-order valence-electron chi connectivity index (χ4n) is 4.77. The first-order chi connectivity index (χ1) is 19.3. The van der Waals surface area contributed by atoms with Crippen molar-refractivity contribution in [2.75, 3.05) is 51.8 Å². The molecule has 1 amide bonds. The predicted octanol–water partition coefficient (Wildman–Crippen LogP) is 6.15. The number of rotatable bonds is 6. The zero-order chi connectivity index (χ0) is 29.8. The molecule has 220 valence electrons. The average Bonchev–Trinajstić information content (AvgIpc) is 2.93. The standard InChI is InChI=1S/C28H28F6N4O2S/c1-37-11-9-26(18-35,10-12-37)36-20-3-2-4-21(17-20)41-22-7-5-19(6-8-23(39)38-13-15-40-16-14-38)24(27(29,30)31)25(22)28(32,33)34/h2-8,17,36H,9-16H2,1H3/b8-6+. The van der Waals surface area contributed by atoms with Gasteiger partial charge in [0, 0.05) is 47.7 Å². The maximum atomic E-state index is 14.2. The summed E-state index contributed by atoms with van der Waals surface area (Å²) in [5.74, 6) is -0.613. The molecule has 0 aromatic heterocycles. The van der Waals surface area contributed by atoms with Crippen molar-refractivity contribution in [3.63, 3.8) is 0 Å². The van der Waals surface area contributed by atoms with Crippen molar-refractivity contribution in [1.29, 1.82) is 5.26 Å². The number of benzene rings is 2. The second kappa shape index (κ2) is 12.3. The van der Waals surface area contributed by atoms with Crippen molar-refractivity contribution in [3.05, 3.63) is 59.2 Å². The highest BCUT2D eigenvalue weighted by molar-refractivity contribution is 7.99. The van der Waals surface area contributed by atoms with Crippen molar-refractivity contribution in [1.82, 2.24) is 9.80 Å². The van der Waals surface area contributed by atoms with E-state index >= 15 is 0 Å². The third kappa shape index (κ3) is 7.55. The number of ether oxygens (including phenoxy) is 1. The highest BCUT2D eigenvalue weighted by atomic mass is 32.2. The molecule has 0 aliphatic carbocycles. The van der Waals surface area contributed by atoms with E-state index in [1.807, 2.05) is 7.05 Å². The molecule has 0 atom stereocenters. The summed E-state index contributed by atoms with van der Waals surface area (Å²) in [6, 6.07) is 10.5. The number of nitrogens with zero attached hydrogens (tertiary/aromatic N) is 3. The van der Waals surface area contributed by atoms with Gasteiger partial charge in [-0.15, -0.1) is 0 Å². The molecule has 0 radical (unpaired) electrons. The Hall–Kier alpha value is -3.21. The van der Waals surface area contributed by atoms with E-state index in [9.17, 15) is 36.4 Å². The Kier molecular flexibility index (Phi) is 9.25. The molecule has 41 heavy (non-hydrogen) atoms. The number of carbonyl (C=O) groups excluding carboxylic acids is 1. The summed E-state index contributed by atoms with van der Waals surface area (Å²) in [7, 11) is 1.94. The Morgan fingerprint density at radius 2 is 1.68 bits per heavy atom. The van der Waals surface area contributed by atoms with Crippen LogP contribution in [-0.4, -0.2) is 67.7 Å². The number of hydrogen-bond acceptors (Lipinski definition) is 6. The molecule has 2 aromatic carbocycles. The molecule has 0 spiro atoms. The zero-order valence-electron chi connectivity index (χ0n) is 22.1. The van der Waals surface area contributed by atoms with Gasteiger partial charge in [0.1, 0.15) is 5.54 Å². The molecule has 13 heteroatoms. The number of nitriles is 1. The Balaban J connectivity index is 1.67. The van der Waals surface area contributed by atoms with Crippen LogP contribution in [0, 0.1) is 11.3 Å². The lowest BCUT2D eigenvalue weighted by molar-refractivity contribution is -0.163. The fraction of sp³-hybridized carbons (Fsp3) is 0.429. The highest BCUT2D eigenvalue weighted by Gasteiger charge is 2.46. The molecule has 2 heterocycles. The van der Waals surface area contributed by atoms with E-state index in [4.69, 9.17) is 4.74 Å². The van der Waals surface area contributed by atoms with Gasteiger partial charge in [-0.1, -0.05) is 23.9 Å². The molecule has 2 saturated heterocycles. The van der Waals surface area contributed by atoms with Crippen LogP contribution in [0.1, 0.15) is 29.5 Å². The third-order valence-corrected chi connectivity index (χ3v) is 8.04. The zero-order valence-corrected chi connectivity index (χ0v) is 22.9. The highest BCUT2D eigenvalue weighted by Crippen LogP contribution is 2.48. The van der Waals surface area contributed by atoms with Crippen molar-refractivity contribution >= 4 is 29.4 Å². The van der Waals surface area contributed by atoms with Crippen LogP contribution in [0.15, 0.2) is 52.3 Å². The minimum absolute atomic E-state index is 0.235. The van der Waals surface area contributed by atoms with Crippen molar-refractivity contribution in [2.45, 2.75) is 40.5 Å². The Morgan fingerprint density at radius 1 is 1.02 bits per heavy atom. The van der Waals surface area contributed by atoms with E-state index in [0.717, 1.165) is 24.3 Å². The van der Waals surface area contributed by atoms with Crippen LogP contribution >= 0.6 is 11.8 Å². The largest absolute Gasteiger partial charge is 0.418 e. The summed E-state index contributed by atoms with van der Waals surface area (Å²) >= 11 is 0.546. The number of halogens is 6. The maximum absolute atomic E-state index is 14.2. The van der Waals surface area contributed by atoms with Gasteiger partial charge in [-0.2, -0.15) is 31.6 Å². The van der Waals surface area contributed by atoms with Crippen molar-refractivity contribution in [3.8, 4) is 6.07 Å². The van der Waals surface area contributed by atoms with Gasteiger partial charge in [0.2, 0.25) is 5.91 Å². The lowest BCUT2D eigenvalue weighted by Gasteiger charge is -2.36. The summed E-state index contributed by atoms with van der Waals surface area (Å²) in [6.45, 7) is 2.37. The number of nitrogens with one attached hydrogen (secondary N) is 1. The molecule has 4 rings (SSSR count). The van der Waals surface area contributed by atoms with Crippen molar-refractivity contribution < 1.29 is 35.9 Å². The SMILES string of the molecule is CN1CCC(C#N)(Nc2cccc(Sc3ccc(/C=C/C(=O)N4CCOCC4)c(C(F)(F)F)c3C(F)(F)F)c2)CC1. The van der Waals surface area contributed by atoms with Crippen LogP contribution in [0.4, 0.5) is 32.0 Å². The van der Waals surface area contributed by atoms with Crippen LogP contribution in [0.5, 0.6) is 0 Å². The van der Waals surface area contributed by atoms with Gasteiger partial charge in [0.05, 0.1) is 30.4 Å². The number of likely N-dealkylation sites (tertiary alicyclic amines) is 1. The second-order valence-electron chi connectivity index (χ2n) is 9.92. The van der Waals surface area contributed by atoms with E-state index in [1.165, 1.54) is 17.0 Å². The van der Waals surface area contributed by atoms with Crippen LogP contribution in [0.2, 0.25) is 0 Å². The van der Waals surface area contributed by atoms with Crippen LogP contribution in [0.3, 0.4) is 0 Å². The fourth-order valence-corrected chi connectivity index (χ4v) is 5.81. The number of hydrogen-bond donors (Lipinski definition) is 1. The number of carbonyl (C=O) groups is 1. The lowest BCUT2D eigenvalue weighted by Crippen LogP contribution is -2.47. The van der Waals surface area contributed by atoms with Gasteiger partial charge in [-0.25, -0.2) is 0 Å². The smallest absolute Gasteiger partial charge is 0.378 e. The Bertz CT molecular complexity index is 1320. The summed E-state index contributed by atoms with van der Waals surface area (Å²) in [6.07, 6.45) is -7.98. The van der Waals surface area contributed by atoms with Crippen LogP contribution < -0.4 is 5.32 Å².